The van der Waals surface area contributed by atoms with Crippen molar-refractivity contribution in [1.29, 1.82) is 0 Å². The third kappa shape index (κ3) is 4.03. The van der Waals surface area contributed by atoms with Crippen molar-refractivity contribution in [1.82, 2.24) is 0 Å². The number of rotatable bonds is 2. The number of hydrogen-bond acceptors (Lipinski definition) is 4. The average Bonchev–Trinajstić information content (AvgIpc) is 2.42. The van der Waals surface area contributed by atoms with E-state index in [2.05, 4.69) is 10.5 Å². The van der Waals surface area contributed by atoms with E-state index >= 15 is 0 Å². The normalized spacial score (nSPS) is 14.2. The average molecular weight is 305 g/mol. The molecule has 0 aliphatic heterocycles. The van der Waals surface area contributed by atoms with Crippen LogP contribution in [0, 0.1) is 0 Å². The molecule has 1 N–H and O–H groups in total. The molecule has 0 aromatic heterocycles. The number of nitrogens with one attached hydrogen (secondary N) is 1. The molecule has 21 heavy (non-hydrogen) atoms. The Morgan fingerprint density at radius 1 is 1.24 bits per heavy atom. The number of Topliss-reactive ketones (excluding diaryl/α,β-unsaturated/α-hetero) is 1. The summed E-state index contributed by atoms with van der Waals surface area (Å²) in [6.45, 7) is 3.36. The zero-order valence-corrected chi connectivity index (χ0v) is 12.3. The number of oxime groups is 1. The van der Waals surface area contributed by atoms with E-state index in [1.807, 2.05) is 0 Å². The summed E-state index contributed by atoms with van der Waals surface area (Å²) in [5.41, 5.74) is 2.01. The van der Waals surface area contributed by atoms with Crippen LogP contribution in [0.4, 0.5) is 10.5 Å². The zero-order valence-electron chi connectivity index (χ0n) is 11.5. The molecule has 0 radical (unpaired) electrons. The van der Waals surface area contributed by atoms with Gasteiger partial charge in [0.2, 0.25) is 0 Å². The van der Waals surface area contributed by atoms with Crippen LogP contribution in [0.3, 0.4) is 0 Å². The zero-order chi connectivity index (χ0) is 15.4. The van der Waals surface area contributed by atoms with Crippen LogP contribution in [0.5, 0.6) is 0 Å². The van der Waals surface area contributed by atoms with Gasteiger partial charge in [-0.05, 0) is 55.3 Å². The van der Waals surface area contributed by atoms with E-state index in [0.29, 0.717) is 27.6 Å². The quantitative estimate of drug-likeness (QED) is 0.514. The minimum Gasteiger partial charge on any atom is -0.297 e. The topological polar surface area (TPSA) is 67.8 Å². The van der Waals surface area contributed by atoms with Crippen LogP contribution < -0.4 is 5.32 Å². The van der Waals surface area contributed by atoms with Crippen LogP contribution in [0.2, 0.25) is 5.02 Å². The molecular weight excluding hydrogens is 292 g/mol. The lowest BCUT2D eigenvalue weighted by molar-refractivity contribution is -0.112. The molecule has 6 heteroatoms. The van der Waals surface area contributed by atoms with Crippen LogP contribution >= 0.6 is 11.6 Å². The number of halogens is 1. The molecule has 0 atom stereocenters. The van der Waals surface area contributed by atoms with Crippen molar-refractivity contribution in [2.75, 3.05) is 5.32 Å². The van der Waals surface area contributed by atoms with Crippen molar-refractivity contribution < 1.29 is 14.4 Å². The Labute approximate surface area is 126 Å². The third-order valence-electron chi connectivity index (χ3n) is 2.75. The molecule has 1 aliphatic carbocycles. The molecule has 5 nitrogen and oxygen atoms in total. The predicted octanol–water partition coefficient (Wildman–Crippen LogP) is 3.72. The lowest BCUT2D eigenvalue weighted by atomic mass is 9.98. The first kappa shape index (κ1) is 15.0. The summed E-state index contributed by atoms with van der Waals surface area (Å²) in [7, 11) is 0. The van der Waals surface area contributed by atoms with Gasteiger partial charge < -0.3 is 0 Å². The van der Waals surface area contributed by atoms with Crippen LogP contribution in [-0.4, -0.2) is 17.6 Å². The first-order chi connectivity index (χ1) is 9.95. The largest absolute Gasteiger partial charge is 0.437 e. The fraction of sp³-hybridized carbons (Fsp3) is 0.133. The fourth-order valence-corrected chi connectivity index (χ4v) is 1.97. The Hall–Kier alpha value is -2.40. The van der Waals surface area contributed by atoms with Crippen LogP contribution in [0.15, 0.2) is 52.7 Å². The minimum atomic E-state index is -0.737. The van der Waals surface area contributed by atoms with E-state index in [1.165, 1.54) is 0 Å². The van der Waals surface area contributed by atoms with Crippen molar-refractivity contribution in [2.45, 2.75) is 13.8 Å². The van der Waals surface area contributed by atoms with Gasteiger partial charge in [-0.3, -0.25) is 14.9 Å². The number of carbonyl (C=O) groups excluding carboxylic acids is 2. The van der Waals surface area contributed by atoms with Crippen LogP contribution in [0.1, 0.15) is 13.8 Å². The number of ketones is 1. The number of nitrogens with zero attached hydrogens (tertiary/aromatic N) is 1. The summed E-state index contributed by atoms with van der Waals surface area (Å²) in [6.07, 6.45) is 2.38. The van der Waals surface area contributed by atoms with Gasteiger partial charge in [0.25, 0.3) is 0 Å². The van der Waals surface area contributed by atoms with E-state index in [4.69, 9.17) is 16.4 Å². The summed E-state index contributed by atoms with van der Waals surface area (Å²) in [5, 5.41) is 6.70. The van der Waals surface area contributed by atoms with Crippen LogP contribution in [0.25, 0.3) is 0 Å². The molecule has 1 aliphatic rings. The van der Waals surface area contributed by atoms with Gasteiger partial charge in [-0.15, -0.1) is 0 Å². The van der Waals surface area contributed by atoms with Gasteiger partial charge in [0.05, 0.1) is 0 Å². The Bertz CT molecular complexity index is 666. The highest BCUT2D eigenvalue weighted by Crippen LogP contribution is 2.15. The Morgan fingerprint density at radius 3 is 2.52 bits per heavy atom. The molecule has 1 aromatic carbocycles. The molecule has 2 rings (SSSR count). The number of anilines is 1. The van der Waals surface area contributed by atoms with Gasteiger partial charge in [-0.1, -0.05) is 22.8 Å². The Kier molecular flexibility index (Phi) is 4.55. The highest BCUT2D eigenvalue weighted by Gasteiger charge is 2.14. The Morgan fingerprint density at radius 2 is 1.90 bits per heavy atom. The van der Waals surface area contributed by atoms with Crippen molar-refractivity contribution in [2.24, 2.45) is 5.16 Å². The second-order valence-corrected chi connectivity index (χ2v) is 4.95. The summed E-state index contributed by atoms with van der Waals surface area (Å²) in [4.78, 5) is 27.9. The van der Waals surface area contributed by atoms with E-state index in [-0.39, 0.29) is 5.78 Å². The number of benzene rings is 1. The lowest BCUT2D eigenvalue weighted by Gasteiger charge is -2.08. The first-order valence-electron chi connectivity index (χ1n) is 6.18. The predicted molar refractivity (Wildman–Crippen MR) is 81.5 cm³/mol. The maximum atomic E-state index is 11.6. The summed E-state index contributed by atoms with van der Waals surface area (Å²) < 4.78 is 0. The standard InChI is InChI=1S/C15H13ClN2O3/c1-9-6-13(7-10(2)14(9)19)18-21-15(20)17-12-5-3-4-11(16)8-12/h3-8H,1-2H3,(H,17,20). The molecule has 0 saturated carbocycles. The van der Waals surface area contributed by atoms with Crippen molar-refractivity contribution in [3.05, 3.63) is 52.6 Å². The molecule has 0 saturated heterocycles. The Balaban J connectivity index is 2.01. The first-order valence-corrected chi connectivity index (χ1v) is 6.56. The van der Waals surface area contributed by atoms with E-state index < -0.39 is 6.09 Å². The summed E-state index contributed by atoms with van der Waals surface area (Å²) >= 11 is 5.81. The second kappa shape index (κ2) is 6.37. The van der Waals surface area contributed by atoms with Gasteiger partial charge >= 0.3 is 6.09 Å². The van der Waals surface area contributed by atoms with Crippen LogP contribution in [-0.2, 0) is 9.63 Å². The lowest BCUT2D eigenvalue weighted by Crippen LogP contribution is -2.14. The number of allylic oxidation sites excluding steroid dienone is 4. The SMILES string of the molecule is CC1=CC(=NOC(=O)Nc2cccc(Cl)c2)C=C(C)C1=O. The molecule has 0 unspecified atom stereocenters. The van der Waals surface area contributed by atoms with Gasteiger partial charge in [0.1, 0.15) is 5.71 Å². The number of amides is 1. The van der Waals surface area contributed by atoms with Crippen molar-refractivity contribution >= 4 is 34.9 Å². The number of carbonyl (C=O) groups is 2. The highest BCUT2D eigenvalue weighted by atomic mass is 35.5. The highest BCUT2D eigenvalue weighted by molar-refractivity contribution is 6.30. The summed E-state index contributed by atoms with van der Waals surface area (Å²) in [5.74, 6) is -0.0441. The third-order valence-corrected chi connectivity index (χ3v) is 2.99. The molecule has 0 bridgehead atoms. The smallest absolute Gasteiger partial charge is 0.297 e. The van der Waals surface area contributed by atoms with Crippen molar-refractivity contribution in [3.8, 4) is 0 Å². The summed E-state index contributed by atoms with van der Waals surface area (Å²) in [6, 6.07) is 6.66. The maximum Gasteiger partial charge on any atom is 0.437 e. The maximum absolute atomic E-state index is 11.6. The van der Waals surface area contributed by atoms with E-state index in [0.717, 1.165) is 0 Å². The molecule has 108 valence electrons. The molecular formula is C15H13ClN2O3. The van der Waals surface area contributed by atoms with E-state index in [1.54, 1.807) is 50.3 Å². The fourth-order valence-electron chi connectivity index (χ4n) is 1.78. The number of hydrogen-bond donors (Lipinski definition) is 1. The van der Waals surface area contributed by atoms with Gasteiger partial charge in [-0.2, -0.15) is 0 Å². The van der Waals surface area contributed by atoms with Crippen molar-refractivity contribution in [3.63, 3.8) is 0 Å². The molecule has 0 spiro atoms. The molecule has 1 amide bonds. The molecule has 0 fully saturated rings. The van der Waals surface area contributed by atoms with E-state index in [9.17, 15) is 9.59 Å². The molecule has 0 heterocycles. The molecule has 1 aromatic rings. The van der Waals surface area contributed by atoms with Gasteiger partial charge in [0, 0.05) is 10.7 Å². The second-order valence-electron chi connectivity index (χ2n) is 4.51. The van der Waals surface area contributed by atoms with Gasteiger partial charge in [-0.25, -0.2) is 4.79 Å². The monoisotopic (exact) mass is 304 g/mol. The minimum absolute atomic E-state index is 0.0441. The van der Waals surface area contributed by atoms with Gasteiger partial charge in [0.15, 0.2) is 5.78 Å².